The third kappa shape index (κ3) is 5.00. The van der Waals surface area contributed by atoms with E-state index in [0.717, 1.165) is 6.42 Å². The van der Waals surface area contributed by atoms with Crippen LogP contribution in [0.4, 0.5) is 0 Å². The molecular weight excluding hydrogens is 335 g/mol. The fourth-order valence-electron chi connectivity index (χ4n) is 1.27. The van der Waals surface area contributed by atoms with E-state index in [-0.39, 0.29) is 20.7 Å². The maximum absolute atomic E-state index is 11.2. The highest BCUT2D eigenvalue weighted by molar-refractivity contribution is 8.13. The molecule has 0 bridgehead atoms. The topological polar surface area (TPSA) is 52.6 Å². The molecule has 0 aromatic heterocycles. The van der Waals surface area contributed by atoms with E-state index < -0.39 is 9.05 Å². The van der Waals surface area contributed by atoms with E-state index in [9.17, 15) is 8.42 Å². The van der Waals surface area contributed by atoms with Gasteiger partial charge in [-0.1, -0.05) is 30.1 Å². The van der Waals surface area contributed by atoms with Crippen molar-refractivity contribution in [2.24, 2.45) is 0 Å². The van der Waals surface area contributed by atoms with Crippen LogP contribution in [0.2, 0.25) is 10.0 Å². The monoisotopic (exact) mass is 346 g/mol. The Kier molecular flexibility index (Phi) is 6.69. The first-order valence-electron chi connectivity index (χ1n) is 5.51. The smallest absolute Gasteiger partial charge is 0.262 e. The molecule has 0 atom stereocenters. The van der Waals surface area contributed by atoms with Gasteiger partial charge in [0.05, 0.1) is 11.6 Å². The van der Waals surface area contributed by atoms with Gasteiger partial charge in [-0.3, -0.25) is 0 Å². The molecule has 0 saturated heterocycles. The van der Waals surface area contributed by atoms with Crippen molar-refractivity contribution in [2.75, 3.05) is 19.8 Å². The van der Waals surface area contributed by atoms with Gasteiger partial charge in [0.2, 0.25) is 0 Å². The van der Waals surface area contributed by atoms with Crippen LogP contribution in [0, 0.1) is 0 Å². The van der Waals surface area contributed by atoms with E-state index in [4.69, 9.17) is 43.4 Å². The summed E-state index contributed by atoms with van der Waals surface area (Å²) in [6, 6.07) is 2.65. The number of hydrogen-bond donors (Lipinski definition) is 0. The van der Waals surface area contributed by atoms with E-state index in [1.54, 1.807) is 0 Å². The molecule has 0 spiro atoms. The van der Waals surface area contributed by atoms with Crippen molar-refractivity contribution in [2.45, 2.75) is 18.2 Å². The molecule has 0 radical (unpaired) electrons. The van der Waals surface area contributed by atoms with E-state index in [1.807, 2.05) is 6.92 Å². The van der Waals surface area contributed by atoms with Gasteiger partial charge in [-0.2, -0.15) is 0 Å². The molecule has 108 valence electrons. The highest BCUT2D eigenvalue weighted by atomic mass is 35.7. The predicted molar refractivity (Wildman–Crippen MR) is 76.1 cm³/mol. The minimum absolute atomic E-state index is 0.0129. The van der Waals surface area contributed by atoms with Gasteiger partial charge in [0, 0.05) is 17.3 Å². The van der Waals surface area contributed by atoms with Gasteiger partial charge in [0.15, 0.2) is 0 Å². The quantitative estimate of drug-likeness (QED) is 0.557. The molecule has 4 nitrogen and oxygen atoms in total. The molecule has 0 fully saturated rings. The van der Waals surface area contributed by atoms with Gasteiger partial charge in [0.25, 0.3) is 9.05 Å². The van der Waals surface area contributed by atoms with E-state index in [2.05, 4.69) is 0 Å². The summed E-state index contributed by atoms with van der Waals surface area (Å²) in [5, 5.41) is -0.137. The zero-order valence-corrected chi connectivity index (χ0v) is 13.2. The normalized spacial score (nSPS) is 11.6. The third-order valence-electron chi connectivity index (χ3n) is 2.11. The predicted octanol–water partition coefficient (Wildman–Crippen LogP) is 3.73. The lowest BCUT2D eigenvalue weighted by molar-refractivity contribution is 0.101. The number of rotatable bonds is 7. The molecule has 0 heterocycles. The molecule has 0 amide bonds. The summed E-state index contributed by atoms with van der Waals surface area (Å²) in [6.45, 7) is 3.37. The third-order valence-corrected chi connectivity index (χ3v) is 4.45. The van der Waals surface area contributed by atoms with Crippen LogP contribution in [0.25, 0.3) is 0 Å². The zero-order chi connectivity index (χ0) is 14.5. The molecular formula is C11H13Cl3O4S. The summed E-state index contributed by atoms with van der Waals surface area (Å²) in [5.74, 6) is 0.288. The lowest BCUT2D eigenvalue weighted by Crippen LogP contribution is -2.07. The van der Waals surface area contributed by atoms with Crippen molar-refractivity contribution < 1.29 is 17.9 Å². The van der Waals surface area contributed by atoms with Crippen molar-refractivity contribution in [3.05, 3.63) is 22.2 Å². The average molecular weight is 348 g/mol. The lowest BCUT2D eigenvalue weighted by atomic mass is 10.3. The SMILES string of the molecule is CCCOCCOc1ccc(S(=O)(=O)Cl)c(Cl)c1Cl. The zero-order valence-electron chi connectivity index (χ0n) is 10.2. The summed E-state index contributed by atoms with van der Waals surface area (Å²) in [7, 11) is 1.29. The minimum Gasteiger partial charge on any atom is -0.490 e. The second-order valence-corrected chi connectivity index (χ2v) is 6.88. The summed E-state index contributed by atoms with van der Waals surface area (Å²) in [6.07, 6.45) is 0.925. The Morgan fingerprint density at radius 1 is 1.11 bits per heavy atom. The average Bonchev–Trinajstić information content (AvgIpc) is 2.32. The number of benzene rings is 1. The first-order valence-corrected chi connectivity index (χ1v) is 8.57. The molecule has 0 aliphatic rings. The van der Waals surface area contributed by atoms with Crippen LogP contribution < -0.4 is 4.74 Å². The first-order chi connectivity index (χ1) is 8.88. The maximum Gasteiger partial charge on any atom is 0.262 e. The summed E-state index contributed by atoms with van der Waals surface area (Å²) < 4.78 is 33.0. The van der Waals surface area contributed by atoms with Gasteiger partial charge >= 0.3 is 0 Å². The summed E-state index contributed by atoms with van der Waals surface area (Å²) in [5.41, 5.74) is 0. The van der Waals surface area contributed by atoms with Crippen LogP contribution >= 0.6 is 33.9 Å². The van der Waals surface area contributed by atoms with Crippen molar-refractivity contribution in [3.8, 4) is 5.75 Å². The van der Waals surface area contributed by atoms with Gasteiger partial charge in [-0.05, 0) is 18.6 Å². The molecule has 19 heavy (non-hydrogen) atoms. The van der Waals surface area contributed by atoms with E-state index in [1.165, 1.54) is 12.1 Å². The van der Waals surface area contributed by atoms with Gasteiger partial charge in [-0.15, -0.1) is 0 Å². The Labute approximate surface area is 127 Å². The fraction of sp³-hybridized carbons (Fsp3) is 0.455. The molecule has 0 saturated carbocycles. The Morgan fingerprint density at radius 2 is 1.79 bits per heavy atom. The number of halogens is 3. The minimum atomic E-state index is -3.93. The Balaban J connectivity index is 2.75. The second kappa shape index (κ2) is 7.55. The van der Waals surface area contributed by atoms with Crippen LogP contribution in [0.1, 0.15) is 13.3 Å². The lowest BCUT2D eigenvalue weighted by Gasteiger charge is -2.10. The molecule has 8 heteroatoms. The van der Waals surface area contributed by atoms with Crippen molar-refractivity contribution in [3.63, 3.8) is 0 Å². The fourth-order valence-corrected chi connectivity index (χ4v) is 3.06. The number of hydrogen-bond acceptors (Lipinski definition) is 4. The van der Waals surface area contributed by atoms with Crippen LogP contribution in [0.15, 0.2) is 17.0 Å². The number of ether oxygens (including phenoxy) is 2. The standard InChI is InChI=1S/C11H13Cl3O4S/c1-2-5-17-6-7-18-8-3-4-9(19(14,15)16)11(13)10(8)12/h3-4H,2,5-7H2,1H3. The largest absolute Gasteiger partial charge is 0.490 e. The van der Waals surface area contributed by atoms with Crippen LogP contribution in [0.3, 0.4) is 0 Å². The van der Waals surface area contributed by atoms with Gasteiger partial charge in [0.1, 0.15) is 22.3 Å². The van der Waals surface area contributed by atoms with Crippen LogP contribution in [-0.2, 0) is 13.8 Å². The summed E-state index contributed by atoms with van der Waals surface area (Å²) in [4.78, 5) is -0.240. The molecule has 1 aromatic carbocycles. The van der Waals surface area contributed by atoms with E-state index in [0.29, 0.717) is 19.8 Å². The van der Waals surface area contributed by atoms with E-state index >= 15 is 0 Å². The van der Waals surface area contributed by atoms with Crippen molar-refractivity contribution >= 4 is 42.9 Å². The molecule has 0 unspecified atom stereocenters. The molecule has 0 aliphatic carbocycles. The Bertz CT molecular complexity index is 531. The Morgan fingerprint density at radius 3 is 2.37 bits per heavy atom. The first kappa shape index (κ1) is 16.9. The summed E-state index contributed by atoms with van der Waals surface area (Å²) >= 11 is 11.8. The maximum atomic E-state index is 11.2. The molecule has 0 N–H and O–H groups in total. The second-order valence-electron chi connectivity index (χ2n) is 3.59. The Hall–Kier alpha value is -0.200. The molecule has 0 aliphatic heterocycles. The van der Waals surface area contributed by atoms with Gasteiger partial charge in [-0.25, -0.2) is 8.42 Å². The van der Waals surface area contributed by atoms with Crippen LogP contribution in [0.5, 0.6) is 5.75 Å². The highest BCUT2D eigenvalue weighted by Gasteiger charge is 2.19. The van der Waals surface area contributed by atoms with Crippen molar-refractivity contribution in [1.82, 2.24) is 0 Å². The highest BCUT2D eigenvalue weighted by Crippen LogP contribution is 2.37. The molecule has 1 aromatic rings. The van der Waals surface area contributed by atoms with Crippen LogP contribution in [-0.4, -0.2) is 28.2 Å². The van der Waals surface area contributed by atoms with Crippen molar-refractivity contribution in [1.29, 1.82) is 0 Å². The molecule has 1 rings (SSSR count). The van der Waals surface area contributed by atoms with Gasteiger partial charge < -0.3 is 9.47 Å².